The van der Waals surface area contributed by atoms with Crippen molar-refractivity contribution in [3.8, 4) is 0 Å². The Morgan fingerprint density at radius 3 is 2.72 bits per heavy atom. The summed E-state index contributed by atoms with van der Waals surface area (Å²) >= 11 is 7.82. The van der Waals surface area contributed by atoms with E-state index in [4.69, 9.17) is 16.3 Å². The third kappa shape index (κ3) is 3.42. The second-order valence-corrected chi connectivity index (χ2v) is 7.31. The Kier molecular flexibility index (Phi) is 4.74. The zero-order valence-corrected chi connectivity index (χ0v) is 15.5. The van der Waals surface area contributed by atoms with E-state index in [1.54, 1.807) is 6.33 Å². The SMILES string of the molecule is CC(Nc1ncnc2scc(Cl)c12)c1ccc(N2CCOCC2)cc1. The predicted octanol–water partition coefficient (Wildman–Crippen LogP) is 4.35. The fourth-order valence-electron chi connectivity index (χ4n) is 3.03. The van der Waals surface area contributed by atoms with Crippen LogP contribution in [0.15, 0.2) is 36.0 Å². The van der Waals surface area contributed by atoms with Crippen LogP contribution in [0.1, 0.15) is 18.5 Å². The first-order valence-electron chi connectivity index (χ1n) is 8.29. The molecule has 25 heavy (non-hydrogen) atoms. The lowest BCUT2D eigenvalue weighted by Gasteiger charge is -2.29. The Labute approximate surface area is 155 Å². The van der Waals surface area contributed by atoms with Gasteiger partial charge in [-0.15, -0.1) is 11.3 Å². The molecule has 0 amide bonds. The molecule has 3 aromatic rings. The van der Waals surface area contributed by atoms with Crippen LogP contribution in [0.4, 0.5) is 11.5 Å². The van der Waals surface area contributed by atoms with Gasteiger partial charge in [0.2, 0.25) is 0 Å². The van der Waals surface area contributed by atoms with Crippen molar-refractivity contribution in [1.29, 1.82) is 0 Å². The first-order chi connectivity index (χ1) is 12.2. The molecule has 5 nitrogen and oxygen atoms in total. The molecule has 0 bridgehead atoms. The van der Waals surface area contributed by atoms with Crippen molar-refractivity contribution in [1.82, 2.24) is 9.97 Å². The summed E-state index contributed by atoms with van der Waals surface area (Å²) in [6.45, 7) is 5.61. The maximum atomic E-state index is 6.29. The minimum Gasteiger partial charge on any atom is -0.378 e. The first-order valence-corrected chi connectivity index (χ1v) is 9.55. The molecule has 1 fully saturated rings. The van der Waals surface area contributed by atoms with Gasteiger partial charge in [0, 0.05) is 30.2 Å². The maximum Gasteiger partial charge on any atom is 0.140 e. The molecule has 0 saturated carbocycles. The van der Waals surface area contributed by atoms with E-state index in [0.29, 0.717) is 5.02 Å². The number of thiophene rings is 1. The molecular formula is C18H19ClN4OS. The van der Waals surface area contributed by atoms with Crippen LogP contribution in [0.2, 0.25) is 5.02 Å². The van der Waals surface area contributed by atoms with E-state index in [2.05, 4.69) is 51.4 Å². The molecule has 1 aliphatic heterocycles. The molecule has 1 N–H and O–H groups in total. The number of aromatic nitrogens is 2. The molecule has 0 spiro atoms. The van der Waals surface area contributed by atoms with E-state index >= 15 is 0 Å². The van der Waals surface area contributed by atoms with Gasteiger partial charge >= 0.3 is 0 Å². The summed E-state index contributed by atoms with van der Waals surface area (Å²) in [5.41, 5.74) is 2.44. The van der Waals surface area contributed by atoms with Crippen LogP contribution in [0.25, 0.3) is 10.2 Å². The average molecular weight is 375 g/mol. The number of halogens is 1. The maximum absolute atomic E-state index is 6.29. The molecule has 130 valence electrons. The predicted molar refractivity (Wildman–Crippen MR) is 104 cm³/mol. The van der Waals surface area contributed by atoms with Gasteiger partial charge in [-0.2, -0.15) is 0 Å². The number of benzene rings is 1. The standard InChI is InChI=1S/C18H19ClN4OS/c1-12(22-17-16-15(19)10-25-18(16)21-11-20-17)13-2-4-14(5-3-13)23-6-8-24-9-7-23/h2-5,10-12H,6-9H2,1H3,(H,20,21,22). The number of fused-ring (bicyclic) bond motifs is 1. The van der Waals surface area contributed by atoms with Crippen molar-refractivity contribution in [3.63, 3.8) is 0 Å². The van der Waals surface area contributed by atoms with E-state index in [-0.39, 0.29) is 6.04 Å². The molecule has 1 saturated heterocycles. The van der Waals surface area contributed by atoms with Gasteiger partial charge in [0.15, 0.2) is 0 Å². The second kappa shape index (κ2) is 7.15. The minimum atomic E-state index is 0.118. The fraction of sp³-hybridized carbons (Fsp3) is 0.333. The minimum absolute atomic E-state index is 0.118. The lowest BCUT2D eigenvalue weighted by Crippen LogP contribution is -2.36. The van der Waals surface area contributed by atoms with Crippen LogP contribution < -0.4 is 10.2 Å². The Balaban J connectivity index is 1.52. The molecule has 2 aromatic heterocycles. The number of rotatable bonds is 4. The first kappa shape index (κ1) is 16.6. The van der Waals surface area contributed by atoms with Gasteiger partial charge in [0.25, 0.3) is 0 Å². The normalized spacial score (nSPS) is 16.2. The molecule has 0 aliphatic carbocycles. The van der Waals surface area contributed by atoms with E-state index in [0.717, 1.165) is 42.3 Å². The quantitative estimate of drug-likeness (QED) is 0.735. The van der Waals surface area contributed by atoms with Crippen LogP contribution in [0.5, 0.6) is 0 Å². The van der Waals surface area contributed by atoms with Crippen molar-refractivity contribution in [3.05, 3.63) is 46.6 Å². The molecule has 0 radical (unpaired) electrons. The third-order valence-electron chi connectivity index (χ3n) is 4.45. The molecule has 1 aliphatic rings. The summed E-state index contributed by atoms with van der Waals surface area (Å²) in [5.74, 6) is 0.779. The van der Waals surface area contributed by atoms with Gasteiger partial charge in [-0.05, 0) is 24.6 Å². The number of nitrogens with zero attached hydrogens (tertiary/aromatic N) is 3. The van der Waals surface area contributed by atoms with Gasteiger partial charge in [0.05, 0.1) is 23.6 Å². The highest BCUT2D eigenvalue weighted by Crippen LogP contribution is 2.34. The van der Waals surface area contributed by atoms with Gasteiger partial charge in [0.1, 0.15) is 17.0 Å². The lowest BCUT2D eigenvalue weighted by atomic mass is 10.1. The van der Waals surface area contributed by atoms with Crippen molar-refractivity contribution >= 4 is 44.7 Å². The summed E-state index contributed by atoms with van der Waals surface area (Å²) in [6.07, 6.45) is 1.58. The highest BCUT2D eigenvalue weighted by atomic mass is 35.5. The van der Waals surface area contributed by atoms with E-state index in [9.17, 15) is 0 Å². The average Bonchev–Trinajstić information content (AvgIpc) is 3.05. The highest BCUT2D eigenvalue weighted by Gasteiger charge is 2.15. The zero-order valence-electron chi connectivity index (χ0n) is 13.9. The fourth-order valence-corrected chi connectivity index (χ4v) is 4.17. The monoisotopic (exact) mass is 374 g/mol. The molecule has 4 rings (SSSR count). The van der Waals surface area contributed by atoms with Crippen LogP contribution in [0, 0.1) is 0 Å². The summed E-state index contributed by atoms with van der Waals surface area (Å²) in [6, 6.07) is 8.79. The van der Waals surface area contributed by atoms with Crippen molar-refractivity contribution in [2.24, 2.45) is 0 Å². The molecule has 1 unspecified atom stereocenters. The van der Waals surface area contributed by atoms with Crippen LogP contribution in [0.3, 0.4) is 0 Å². The van der Waals surface area contributed by atoms with E-state index in [1.165, 1.54) is 22.6 Å². The summed E-state index contributed by atoms with van der Waals surface area (Å²) in [7, 11) is 0. The van der Waals surface area contributed by atoms with Gasteiger partial charge in [-0.1, -0.05) is 23.7 Å². The topological polar surface area (TPSA) is 50.3 Å². The van der Waals surface area contributed by atoms with Gasteiger partial charge < -0.3 is 15.0 Å². The Morgan fingerprint density at radius 2 is 1.96 bits per heavy atom. The third-order valence-corrected chi connectivity index (χ3v) is 5.76. The number of hydrogen-bond donors (Lipinski definition) is 1. The van der Waals surface area contributed by atoms with Gasteiger partial charge in [-0.25, -0.2) is 9.97 Å². The number of anilines is 2. The molecule has 7 heteroatoms. The van der Waals surface area contributed by atoms with Crippen molar-refractivity contribution in [2.75, 3.05) is 36.5 Å². The molecule has 1 aromatic carbocycles. The largest absolute Gasteiger partial charge is 0.378 e. The number of nitrogens with one attached hydrogen (secondary N) is 1. The summed E-state index contributed by atoms with van der Waals surface area (Å²) in [4.78, 5) is 11.9. The van der Waals surface area contributed by atoms with Crippen LogP contribution in [-0.2, 0) is 4.74 Å². The molecule has 1 atom stereocenters. The Hall–Kier alpha value is -1.89. The van der Waals surface area contributed by atoms with E-state index < -0.39 is 0 Å². The van der Waals surface area contributed by atoms with Crippen molar-refractivity contribution in [2.45, 2.75) is 13.0 Å². The second-order valence-electron chi connectivity index (χ2n) is 6.04. The van der Waals surface area contributed by atoms with E-state index in [1.807, 2.05) is 5.38 Å². The summed E-state index contributed by atoms with van der Waals surface area (Å²) < 4.78 is 5.41. The Morgan fingerprint density at radius 1 is 1.20 bits per heavy atom. The zero-order chi connectivity index (χ0) is 17.2. The lowest BCUT2D eigenvalue weighted by molar-refractivity contribution is 0.122. The van der Waals surface area contributed by atoms with Gasteiger partial charge in [-0.3, -0.25) is 0 Å². The number of morpholine rings is 1. The number of ether oxygens (including phenoxy) is 1. The Bertz CT molecular complexity index is 861. The van der Waals surface area contributed by atoms with Crippen molar-refractivity contribution < 1.29 is 4.74 Å². The highest BCUT2D eigenvalue weighted by molar-refractivity contribution is 7.17. The smallest absolute Gasteiger partial charge is 0.140 e. The molecule has 3 heterocycles. The van der Waals surface area contributed by atoms with Crippen LogP contribution >= 0.6 is 22.9 Å². The summed E-state index contributed by atoms with van der Waals surface area (Å²) in [5, 5.41) is 6.95. The van der Waals surface area contributed by atoms with Crippen LogP contribution in [-0.4, -0.2) is 36.3 Å². The number of hydrogen-bond acceptors (Lipinski definition) is 6. The molecular weight excluding hydrogens is 356 g/mol.